The first-order valence-corrected chi connectivity index (χ1v) is 11.8. The van der Waals surface area contributed by atoms with Gasteiger partial charge in [0.05, 0.1) is 4.90 Å². The first kappa shape index (κ1) is 22.8. The molecule has 0 saturated heterocycles. The highest BCUT2D eigenvalue weighted by molar-refractivity contribution is 7.89. The van der Waals surface area contributed by atoms with Crippen LogP contribution < -0.4 is 14.2 Å². The summed E-state index contributed by atoms with van der Waals surface area (Å²) in [6, 6.07) is 19.2. The van der Waals surface area contributed by atoms with Crippen molar-refractivity contribution in [2.75, 3.05) is 13.2 Å². The fourth-order valence-electron chi connectivity index (χ4n) is 3.75. The Hall–Kier alpha value is -3.43. The molecule has 1 heterocycles. The number of hydrogen-bond donors (Lipinski definition) is 2. The summed E-state index contributed by atoms with van der Waals surface area (Å²) in [6.45, 7) is -0.378. The van der Waals surface area contributed by atoms with E-state index in [2.05, 4.69) is 4.72 Å². The van der Waals surface area contributed by atoms with Crippen LogP contribution in [0.4, 0.5) is 4.39 Å². The molecule has 7 nitrogen and oxygen atoms in total. The lowest BCUT2D eigenvalue weighted by molar-refractivity contribution is -0.139. The first-order valence-electron chi connectivity index (χ1n) is 10.3. The summed E-state index contributed by atoms with van der Waals surface area (Å²) >= 11 is 0. The standard InChI is InChI=1S/C24H22FNO6S/c25-18-6-9-20(10-7-18)33(29,30)26-14-17-12-22(16-4-2-1-3-5-16)32-23-13-19(8-11-21(17)23)31-15-24(27)28/h1-11,13,17,22,26H,12,14-15H2,(H,27,28). The normalized spacial score (nSPS) is 17.6. The second-order valence-electron chi connectivity index (χ2n) is 7.64. The number of rotatable bonds is 8. The van der Waals surface area contributed by atoms with Gasteiger partial charge >= 0.3 is 5.97 Å². The number of halogens is 1. The van der Waals surface area contributed by atoms with Gasteiger partial charge in [0.2, 0.25) is 10.0 Å². The molecule has 0 aliphatic carbocycles. The van der Waals surface area contributed by atoms with Crippen molar-refractivity contribution in [3.05, 3.63) is 89.7 Å². The molecule has 172 valence electrons. The summed E-state index contributed by atoms with van der Waals surface area (Å²) in [5.74, 6) is -0.981. The minimum absolute atomic E-state index is 0.0202. The molecule has 0 radical (unpaired) electrons. The van der Waals surface area contributed by atoms with Crippen molar-refractivity contribution in [3.63, 3.8) is 0 Å². The molecule has 2 N–H and O–H groups in total. The predicted molar refractivity (Wildman–Crippen MR) is 118 cm³/mol. The third-order valence-corrected chi connectivity index (χ3v) is 6.81. The molecule has 0 amide bonds. The molecule has 3 aromatic rings. The maximum atomic E-state index is 13.2. The van der Waals surface area contributed by atoms with Gasteiger partial charge in [0.15, 0.2) is 6.61 Å². The van der Waals surface area contributed by atoms with Crippen molar-refractivity contribution in [1.29, 1.82) is 0 Å². The van der Waals surface area contributed by atoms with Gasteiger partial charge < -0.3 is 14.6 Å². The van der Waals surface area contributed by atoms with Crippen molar-refractivity contribution in [2.24, 2.45) is 0 Å². The summed E-state index contributed by atoms with van der Waals surface area (Å²) in [6.07, 6.45) is 0.201. The van der Waals surface area contributed by atoms with Crippen molar-refractivity contribution >= 4 is 16.0 Å². The van der Waals surface area contributed by atoms with E-state index in [-0.39, 0.29) is 23.5 Å². The van der Waals surface area contributed by atoms with Crippen LogP contribution in [0.1, 0.15) is 29.6 Å². The maximum absolute atomic E-state index is 13.2. The summed E-state index contributed by atoms with van der Waals surface area (Å²) in [5, 5.41) is 8.86. The van der Waals surface area contributed by atoms with Gasteiger partial charge in [0.1, 0.15) is 23.4 Å². The smallest absolute Gasteiger partial charge is 0.341 e. The number of carboxylic acids is 1. The van der Waals surface area contributed by atoms with E-state index in [1.54, 1.807) is 18.2 Å². The molecule has 1 aliphatic heterocycles. The molecule has 4 rings (SSSR count). The van der Waals surface area contributed by atoms with Crippen LogP contribution in [-0.2, 0) is 14.8 Å². The summed E-state index contributed by atoms with van der Waals surface area (Å²) in [4.78, 5) is 10.8. The molecule has 0 aromatic heterocycles. The molecule has 33 heavy (non-hydrogen) atoms. The van der Waals surface area contributed by atoms with Crippen LogP contribution in [0.25, 0.3) is 0 Å². The number of ether oxygens (including phenoxy) is 2. The highest BCUT2D eigenvalue weighted by Gasteiger charge is 2.31. The van der Waals surface area contributed by atoms with Crippen LogP contribution >= 0.6 is 0 Å². The number of nitrogens with one attached hydrogen (secondary N) is 1. The lowest BCUT2D eigenvalue weighted by atomic mass is 9.87. The average Bonchev–Trinajstić information content (AvgIpc) is 2.81. The lowest BCUT2D eigenvalue weighted by Crippen LogP contribution is -2.31. The minimum atomic E-state index is -3.83. The molecule has 9 heteroatoms. The molecule has 0 saturated carbocycles. The van der Waals surface area contributed by atoms with Crippen molar-refractivity contribution in [1.82, 2.24) is 4.72 Å². The van der Waals surface area contributed by atoms with Gasteiger partial charge in [-0.2, -0.15) is 0 Å². The Morgan fingerprint density at radius 3 is 2.52 bits per heavy atom. The van der Waals surface area contributed by atoms with Crippen molar-refractivity contribution in [2.45, 2.75) is 23.3 Å². The second kappa shape index (κ2) is 9.60. The van der Waals surface area contributed by atoms with Crippen LogP contribution in [0.5, 0.6) is 11.5 Å². The van der Waals surface area contributed by atoms with E-state index in [0.29, 0.717) is 17.9 Å². The van der Waals surface area contributed by atoms with E-state index in [1.165, 1.54) is 12.1 Å². The number of benzene rings is 3. The number of hydrogen-bond acceptors (Lipinski definition) is 5. The Morgan fingerprint density at radius 1 is 1.09 bits per heavy atom. The van der Waals surface area contributed by atoms with Gasteiger partial charge in [0, 0.05) is 18.5 Å². The molecule has 2 atom stereocenters. The number of aliphatic carboxylic acids is 1. The zero-order valence-corrected chi connectivity index (χ0v) is 18.3. The van der Waals surface area contributed by atoms with E-state index in [0.717, 1.165) is 23.3 Å². The quantitative estimate of drug-likeness (QED) is 0.517. The number of carboxylic acid groups (broad SMARTS) is 1. The number of fused-ring (bicyclic) bond motifs is 1. The van der Waals surface area contributed by atoms with Crippen molar-refractivity contribution in [3.8, 4) is 11.5 Å². The lowest BCUT2D eigenvalue weighted by Gasteiger charge is -2.33. The van der Waals surface area contributed by atoms with E-state index in [1.807, 2.05) is 30.3 Å². The second-order valence-corrected chi connectivity index (χ2v) is 9.40. The largest absolute Gasteiger partial charge is 0.485 e. The van der Waals surface area contributed by atoms with Crippen LogP contribution in [0.15, 0.2) is 77.7 Å². The molecule has 2 unspecified atom stereocenters. The van der Waals surface area contributed by atoms with Crippen LogP contribution in [0.2, 0.25) is 0 Å². The zero-order valence-electron chi connectivity index (χ0n) is 17.5. The Labute approximate surface area is 190 Å². The van der Waals surface area contributed by atoms with Gasteiger partial charge in [-0.05, 0) is 47.9 Å². The third-order valence-electron chi connectivity index (χ3n) is 5.37. The average molecular weight is 472 g/mol. The fraction of sp³-hybridized carbons (Fsp3) is 0.208. The molecule has 0 fully saturated rings. The number of carbonyl (C=O) groups is 1. The van der Waals surface area contributed by atoms with E-state index in [9.17, 15) is 17.6 Å². The summed E-state index contributed by atoms with van der Waals surface area (Å²) < 4.78 is 52.7. The Kier molecular flexibility index (Phi) is 6.62. The molecule has 0 spiro atoms. The minimum Gasteiger partial charge on any atom is -0.485 e. The van der Waals surface area contributed by atoms with Crippen LogP contribution in [-0.4, -0.2) is 32.6 Å². The van der Waals surface area contributed by atoms with E-state index in [4.69, 9.17) is 14.6 Å². The molecule has 0 bridgehead atoms. The fourth-order valence-corrected chi connectivity index (χ4v) is 4.83. The topological polar surface area (TPSA) is 102 Å². The van der Waals surface area contributed by atoms with Crippen LogP contribution in [0.3, 0.4) is 0 Å². The first-order chi connectivity index (χ1) is 15.8. The monoisotopic (exact) mass is 471 g/mol. The Balaban J connectivity index is 1.59. The van der Waals surface area contributed by atoms with Gasteiger partial charge in [-0.25, -0.2) is 22.3 Å². The predicted octanol–water partition coefficient (Wildman–Crippen LogP) is 3.88. The molecule has 1 aliphatic rings. The number of sulfonamides is 1. The van der Waals surface area contributed by atoms with Gasteiger partial charge in [0.25, 0.3) is 0 Å². The third kappa shape index (κ3) is 5.50. The SMILES string of the molecule is O=C(O)COc1ccc2c(c1)OC(c1ccccc1)CC2CNS(=O)(=O)c1ccc(F)cc1. The Bertz CT molecular complexity index is 1230. The van der Waals surface area contributed by atoms with Gasteiger partial charge in [-0.15, -0.1) is 0 Å². The van der Waals surface area contributed by atoms with Crippen molar-refractivity contribution < 1.29 is 32.2 Å². The van der Waals surface area contributed by atoms with Gasteiger partial charge in [-0.1, -0.05) is 36.4 Å². The maximum Gasteiger partial charge on any atom is 0.341 e. The highest BCUT2D eigenvalue weighted by Crippen LogP contribution is 2.43. The summed E-state index contributed by atoms with van der Waals surface area (Å²) in [5.41, 5.74) is 1.72. The van der Waals surface area contributed by atoms with E-state index < -0.39 is 28.4 Å². The zero-order chi connectivity index (χ0) is 23.4. The molecule has 3 aromatic carbocycles. The van der Waals surface area contributed by atoms with Gasteiger partial charge in [-0.3, -0.25) is 0 Å². The molecular weight excluding hydrogens is 449 g/mol. The Morgan fingerprint density at radius 2 is 1.82 bits per heavy atom. The van der Waals surface area contributed by atoms with E-state index >= 15 is 0 Å². The summed E-state index contributed by atoms with van der Waals surface area (Å²) in [7, 11) is -3.83. The molecular formula is C24H22FNO6S. The van der Waals surface area contributed by atoms with Crippen LogP contribution in [0, 0.1) is 5.82 Å². The highest BCUT2D eigenvalue weighted by atomic mass is 32.2.